The Hall–Kier alpha value is -9.90. The van der Waals surface area contributed by atoms with Crippen molar-refractivity contribution in [2.75, 3.05) is 9.80 Å². The van der Waals surface area contributed by atoms with E-state index < -0.39 is 0 Å². The van der Waals surface area contributed by atoms with Crippen LogP contribution in [-0.4, -0.2) is 9.97 Å². The Morgan fingerprint density at radius 3 is 0.928 bits per heavy atom. The van der Waals surface area contributed by atoms with Gasteiger partial charge in [-0.05, 0) is 160 Å². The van der Waals surface area contributed by atoms with E-state index in [1.54, 1.807) is 0 Å². The third kappa shape index (κ3) is 8.18. The molecular formula is C79H62N4. The van der Waals surface area contributed by atoms with Crippen LogP contribution in [0, 0.1) is 0 Å². The first-order chi connectivity index (χ1) is 40.4. The first kappa shape index (κ1) is 50.1. The number of aromatic nitrogens is 2. The number of hydrogen-bond donors (Lipinski definition) is 0. The van der Waals surface area contributed by atoms with Crippen molar-refractivity contribution in [2.24, 2.45) is 0 Å². The topological polar surface area (TPSA) is 32.3 Å². The molecule has 398 valence electrons. The summed E-state index contributed by atoms with van der Waals surface area (Å²) in [6.07, 6.45) is 12.9. The van der Waals surface area contributed by atoms with Crippen LogP contribution in [0.3, 0.4) is 0 Å². The molecule has 0 radical (unpaired) electrons. The molecule has 4 nitrogen and oxygen atoms in total. The Labute approximate surface area is 487 Å². The lowest BCUT2D eigenvalue weighted by Gasteiger charge is -2.28. The van der Waals surface area contributed by atoms with Gasteiger partial charge in [0.15, 0.2) is 0 Å². The van der Waals surface area contributed by atoms with E-state index in [4.69, 9.17) is 9.97 Å². The standard InChI is InChI=1S/C79H62N4/c1-77(2)67-45-51(27-29-53-33-39-63-65-41-35-57(49-71(65)78(3,4)69(63)47-53)82(75-25-11-13-43-80-75)73-23-15-19-55-17-7-9-21-59(55)73)31-37-61(67)62-38-32-52(46-68(62)77)28-30-54-34-40-64-66-42-36-58(50-72(66)79(5,6)70(64)48-54)83(76-26-12-14-44-81-76)74-24-16-20-56-18-8-10-22-60(56)74/h7-50H,1-6H3. The highest BCUT2D eigenvalue weighted by Crippen LogP contribution is 2.54. The van der Waals surface area contributed by atoms with Gasteiger partial charge in [-0.3, -0.25) is 9.80 Å². The molecule has 0 amide bonds. The van der Waals surface area contributed by atoms with Gasteiger partial charge >= 0.3 is 0 Å². The largest absolute Gasteiger partial charge is 0.294 e. The molecule has 83 heavy (non-hydrogen) atoms. The fourth-order valence-corrected chi connectivity index (χ4v) is 13.9. The molecule has 2 heterocycles. The van der Waals surface area contributed by atoms with Gasteiger partial charge in [0.2, 0.25) is 0 Å². The van der Waals surface area contributed by atoms with Crippen LogP contribution in [0.2, 0.25) is 0 Å². The smallest absolute Gasteiger partial charge is 0.137 e. The molecule has 0 aliphatic heterocycles. The monoisotopic (exact) mass is 1070 g/mol. The van der Waals surface area contributed by atoms with Crippen LogP contribution in [0.15, 0.2) is 243 Å². The summed E-state index contributed by atoms with van der Waals surface area (Å²) in [5, 5.41) is 4.79. The van der Waals surface area contributed by atoms with Crippen molar-refractivity contribution in [3.63, 3.8) is 0 Å². The quantitative estimate of drug-likeness (QED) is 0.128. The van der Waals surface area contributed by atoms with Gasteiger partial charge in [-0.1, -0.05) is 236 Å². The molecule has 0 fully saturated rings. The number of anilines is 6. The zero-order valence-corrected chi connectivity index (χ0v) is 47.7. The molecule has 4 heteroatoms. The molecule has 2 aromatic heterocycles. The second kappa shape index (κ2) is 19.1. The van der Waals surface area contributed by atoms with E-state index in [-0.39, 0.29) is 16.2 Å². The lowest BCUT2D eigenvalue weighted by molar-refractivity contribution is 0.660. The van der Waals surface area contributed by atoms with E-state index in [1.165, 1.54) is 111 Å². The van der Waals surface area contributed by atoms with Crippen LogP contribution in [-0.2, 0) is 16.2 Å². The van der Waals surface area contributed by atoms with Crippen molar-refractivity contribution in [3.05, 3.63) is 299 Å². The number of rotatable bonds is 10. The third-order valence-corrected chi connectivity index (χ3v) is 18.3. The molecule has 3 aliphatic rings. The summed E-state index contributed by atoms with van der Waals surface area (Å²) in [6.45, 7) is 14.2. The molecule has 3 aliphatic carbocycles. The molecular weight excluding hydrogens is 1000 g/mol. The minimum absolute atomic E-state index is 0.164. The lowest BCUT2D eigenvalue weighted by atomic mass is 9.81. The van der Waals surface area contributed by atoms with Crippen LogP contribution in [0.5, 0.6) is 0 Å². The van der Waals surface area contributed by atoms with Crippen LogP contribution in [0.1, 0.15) is 97.2 Å². The van der Waals surface area contributed by atoms with Gasteiger partial charge in [-0.25, -0.2) is 9.97 Å². The molecule has 12 aromatic rings. The van der Waals surface area contributed by atoms with E-state index in [0.29, 0.717) is 0 Å². The minimum atomic E-state index is -0.212. The normalized spacial score (nSPS) is 14.6. The molecule has 0 bridgehead atoms. The molecule has 0 unspecified atom stereocenters. The van der Waals surface area contributed by atoms with E-state index >= 15 is 0 Å². The summed E-state index contributed by atoms with van der Waals surface area (Å²) in [5.74, 6) is 1.78. The number of nitrogens with zero attached hydrogens (tertiary/aromatic N) is 4. The summed E-state index contributed by atoms with van der Waals surface area (Å²) in [7, 11) is 0. The molecule has 15 rings (SSSR count). The highest BCUT2D eigenvalue weighted by molar-refractivity contribution is 6.01. The van der Waals surface area contributed by atoms with Crippen molar-refractivity contribution in [2.45, 2.75) is 57.8 Å². The van der Waals surface area contributed by atoms with Crippen molar-refractivity contribution < 1.29 is 0 Å². The Bertz CT molecular complexity index is 4350. The first-order valence-electron chi connectivity index (χ1n) is 29.0. The second-order valence-electron chi connectivity index (χ2n) is 24.3. The van der Waals surface area contributed by atoms with Gasteiger partial charge < -0.3 is 0 Å². The average Bonchev–Trinajstić information content (AvgIpc) is 4.07. The van der Waals surface area contributed by atoms with Crippen LogP contribution in [0.25, 0.3) is 79.2 Å². The molecule has 10 aromatic carbocycles. The number of benzene rings is 10. The van der Waals surface area contributed by atoms with Gasteiger partial charge in [-0.2, -0.15) is 0 Å². The van der Waals surface area contributed by atoms with Gasteiger partial charge in [0.05, 0.1) is 11.4 Å². The van der Waals surface area contributed by atoms with Crippen molar-refractivity contribution in [1.82, 2.24) is 9.97 Å². The summed E-state index contributed by atoms with van der Waals surface area (Å²) >= 11 is 0. The number of pyridine rings is 2. The Balaban J connectivity index is 0.671. The first-order valence-corrected chi connectivity index (χ1v) is 29.0. The maximum Gasteiger partial charge on any atom is 0.137 e. The zero-order valence-electron chi connectivity index (χ0n) is 47.7. The van der Waals surface area contributed by atoms with E-state index in [9.17, 15) is 0 Å². The minimum Gasteiger partial charge on any atom is -0.294 e. The molecule has 0 saturated heterocycles. The van der Waals surface area contributed by atoms with Crippen LogP contribution >= 0.6 is 0 Å². The molecule has 0 spiro atoms. The predicted octanol–water partition coefficient (Wildman–Crippen LogP) is 21.0. The maximum absolute atomic E-state index is 4.87. The molecule has 0 atom stereocenters. The van der Waals surface area contributed by atoms with Gasteiger partial charge in [0, 0.05) is 50.8 Å². The second-order valence-corrected chi connectivity index (χ2v) is 24.3. The van der Waals surface area contributed by atoms with Crippen molar-refractivity contribution in [1.29, 1.82) is 0 Å². The summed E-state index contributed by atoms with van der Waals surface area (Å²) < 4.78 is 0. The third-order valence-electron chi connectivity index (χ3n) is 18.3. The maximum atomic E-state index is 4.87. The highest BCUT2D eigenvalue weighted by Gasteiger charge is 2.39. The SMILES string of the molecule is CC1(C)c2cc(C=Cc3ccc4c(c3)C(C)(C)c3cc(N(c5ccccn5)c5cccc6ccccc56)ccc3-4)ccc2-c2ccc(C=Cc3ccc4c(c3)C(C)(C)c3cc(N(c5ccccn5)c5cccc6ccccc56)ccc3-4)cc21. The van der Waals surface area contributed by atoms with Crippen LogP contribution in [0.4, 0.5) is 34.4 Å². The zero-order chi connectivity index (χ0) is 56.2. The van der Waals surface area contributed by atoms with Crippen LogP contribution < -0.4 is 9.80 Å². The van der Waals surface area contributed by atoms with Crippen molar-refractivity contribution in [3.8, 4) is 33.4 Å². The fraction of sp³-hybridized carbons (Fsp3) is 0.114. The Morgan fingerprint density at radius 2 is 0.590 bits per heavy atom. The number of fused-ring (bicyclic) bond motifs is 11. The summed E-state index contributed by atoms with van der Waals surface area (Å²) in [6, 6.07) is 84.5. The van der Waals surface area contributed by atoms with Gasteiger partial charge in [0.25, 0.3) is 0 Å². The van der Waals surface area contributed by atoms with Gasteiger partial charge in [0.1, 0.15) is 11.6 Å². The summed E-state index contributed by atoms with van der Waals surface area (Å²) in [4.78, 5) is 14.4. The summed E-state index contributed by atoms with van der Waals surface area (Å²) in [5.41, 5.74) is 24.5. The lowest BCUT2D eigenvalue weighted by Crippen LogP contribution is -2.17. The van der Waals surface area contributed by atoms with E-state index in [2.05, 4.69) is 294 Å². The van der Waals surface area contributed by atoms with E-state index in [1.807, 2.05) is 24.5 Å². The predicted molar refractivity (Wildman–Crippen MR) is 350 cm³/mol. The number of hydrogen-bond acceptors (Lipinski definition) is 4. The molecule has 0 saturated carbocycles. The molecule has 0 N–H and O–H groups in total. The highest BCUT2D eigenvalue weighted by atomic mass is 15.2. The van der Waals surface area contributed by atoms with Crippen molar-refractivity contribution >= 4 is 80.2 Å². The fourth-order valence-electron chi connectivity index (χ4n) is 13.9. The Morgan fingerprint density at radius 1 is 0.289 bits per heavy atom. The van der Waals surface area contributed by atoms with E-state index in [0.717, 1.165) is 34.4 Å². The van der Waals surface area contributed by atoms with Gasteiger partial charge in [-0.15, -0.1) is 0 Å². The Kier molecular flexibility index (Phi) is 11.5. The average molecular weight is 1070 g/mol.